The minimum Gasteiger partial charge on any atom is -0.484 e. The molecule has 2 aromatic heterocycles. The Balaban J connectivity index is 1.22. The highest BCUT2D eigenvalue weighted by Gasteiger charge is 2.36. The van der Waals surface area contributed by atoms with Crippen LogP contribution in [0.4, 0.5) is 4.39 Å². The van der Waals surface area contributed by atoms with Crippen LogP contribution in [0, 0.1) is 17.7 Å². The van der Waals surface area contributed by atoms with E-state index in [-0.39, 0.29) is 59.1 Å². The highest BCUT2D eigenvalue weighted by Crippen LogP contribution is 2.33. The fourth-order valence-electron chi connectivity index (χ4n) is 7.36. The summed E-state index contributed by atoms with van der Waals surface area (Å²) in [6.07, 6.45) is 4.98. The Morgan fingerprint density at radius 2 is 1.70 bits per heavy atom. The Hall–Kier alpha value is -4.92. The van der Waals surface area contributed by atoms with Gasteiger partial charge in [-0.25, -0.2) is 14.0 Å². The normalized spacial score (nSPS) is 20.6. The van der Waals surface area contributed by atoms with Crippen molar-refractivity contribution in [2.24, 2.45) is 11.8 Å². The molecule has 1 saturated carbocycles. The SMILES string of the molecule is CCc1nonc1C(=O)N[C@H](C(=O)Cc1ccc([C@H](C)[C@@H](NC(=O)c2ccnc3c2OCCO3)C(=O)N2CCN(C)CC2)cc1F)C1CCC(C)CC1. The number of aryl methyl sites for hydroxylation is 1. The third-order valence-corrected chi connectivity index (χ3v) is 10.8. The zero-order chi connectivity index (χ0) is 37.6. The maximum absolute atomic E-state index is 16.0. The number of ketones is 1. The van der Waals surface area contributed by atoms with Gasteiger partial charge in [0.05, 0.1) is 11.6 Å². The number of hydrogen-bond donors (Lipinski definition) is 2. The van der Waals surface area contributed by atoms with Crippen molar-refractivity contribution in [3.8, 4) is 11.6 Å². The van der Waals surface area contributed by atoms with Crippen LogP contribution >= 0.6 is 0 Å². The van der Waals surface area contributed by atoms with Crippen LogP contribution in [-0.2, 0) is 22.4 Å². The number of pyridine rings is 1. The molecular formula is C38H48FN7O7. The first-order valence-electron chi connectivity index (χ1n) is 18.5. The molecule has 3 atom stereocenters. The molecule has 0 unspecified atom stereocenters. The number of rotatable bonds is 12. The highest BCUT2D eigenvalue weighted by atomic mass is 19.1. The molecule has 4 heterocycles. The molecule has 15 heteroatoms. The lowest BCUT2D eigenvalue weighted by molar-refractivity contribution is -0.135. The lowest BCUT2D eigenvalue weighted by Crippen LogP contribution is -2.55. The summed E-state index contributed by atoms with van der Waals surface area (Å²) in [6.45, 7) is 8.63. The number of nitrogens with zero attached hydrogens (tertiary/aromatic N) is 5. The van der Waals surface area contributed by atoms with Gasteiger partial charge < -0.3 is 29.9 Å². The van der Waals surface area contributed by atoms with E-state index < -0.39 is 35.6 Å². The number of hydrogen-bond acceptors (Lipinski definition) is 11. The molecule has 14 nitrogen and oxygen atoms in total. The van der Waals surface area contributed by atoms with E-state index in [9.17, 15) is 19.2 Å². The first-order valence-corrected chi connectivity index (χ1v) is 18.5. The molecule has 3 aromatic rings. The molecule has 1 saturated heterocycles. The second kappa shape index (κ2) is 16.8. The van der Waals surface area contributed by atoms with Gasteiger partial charge in [0.2, 0.25) is 5.91 Å². The molecule has 0 bridgehead atoms. The quantitative estimate of drug-likeness (QED) is 0.280. The number of likely N-dealkylation sites (N-methyl/N-ethyl adjacent to an activating group) is 1. The number of halogens is 1. The zero-order valence-corrected chi connectivity index (χ0v) is 30.7. The fourth-order valence-corrected chi connectivity index (χ4v) is 7.36. The van der Waals surface area contributed by atoms with Crippen LogP contribution in [-0.4, -0.2) is 107 Å². The van der Waals surface area contributed by atoms with E-state index in [1.807, 2.05) is 14.0 Å². The monoisotopic (exact) mass is 733 g/mol. The average molecular weight is 734 g/mol. The number of piperazine rings is 1. The van der Waals surface area contributed by atoms with Crippen LogP contribution in [0.15, 0.2) is 35.1 Å². The number of carbonyl (C=O) groups is 4. The van der Waals surface area contributed by atoms with Gasteiger partial charge in [-0.2, -0.15) is 0 Å². The van der Waals surface area contributed by atoms with Crippen molar-refractivity contribution in [2.45, 2.75) is 77.3 Å². The van der Waals surface area contributed by atoms with Gasteiger partial charge in [-0.15, -0.1) is 0 Å². The van der Waals surface area contributed by atoms with Gasteiger partial charge in [0.1, 0.15) is 30.8 Å². The Morgan fingerprint density at radius 3 is 2.42 bits per heavy atom. The third-order valence-electron chi connectivity index (χ3n) is 10.8. The van der Waals surface area contributed by atoms with Crippen molar-refractivity contribution in [3.63, 3.8) is 0 Å². The summed E-state index contributed by atoms with van der Waals surface area (Å²) >= 11 is 0. The van der Waals surface area contributed by atoms with E-state index in [0.29, 0.717) is 56.4 Å². The van der Waals surface area contributed by atoms with Crippen molar-refractivity contribution < 1.29 is 37.7 Å². The predicted molar refractivity (Wildman–Crippen MR) is 190 cm³/mol. The van der Waals surface area contributed by atoms with Gasteiger partial charge in [-0.1, -0.05) is 50.9 Å². The van der Waals surface area contributed by atoms with Crippen molar-refractivity contribution in [1.82, 2.24) is 35.7 Å². The second-order valence-corrected chi connectivity index (χ2v) is 14.4. The van der Waals surface area contributed by atoms with Crippen LogP contribution in [0.25, 0.3) is 0 Å². The van der Waals surface area contributed by atoms with E-state index in [1.54, 1.807) is 24.0 Å². The first-order chi connectivity index (χ1) is 25.5. The van der Waals surface area contributed by atoms with Crippen LogP contribution in [0.3, 0.4) is 0 Å². The fraction of sp³-hybridized carbons (Fsp3) is 0.553. The number of aromatic nitrogens is 3. The van der Waals surface area contributed by atoms with E-state index in [4.69, 9.17) is 14.1 Å². The number of benzene rings is 1. The molecule has 0 radical (unpaired) electrons. The number of Topliss-reactive ketones (excluding diaryl/α,β-unsaturated/α-hetero) is 1. The van der Waals surface area contributed by atoms with Gasteiger partial charge in [0.15, 0.2) is 17.2 Å². The number of carbonyl (C=O) groups excluding carboxylic acids is 4. The zero-order valence-electron chi connectivity index (χ0n) is 30.7. The lowest BCUT2D eigenvalue weighted by Gasteiger charge is -2.36. The minimum absolute atomic E-state index is 0.0384. The molecular weight excluding hydrogens is 685 g/mol. The standard InChI is InChI=1S/C38H48FN7O7/c1-5-29-33(44-53-43-29)36(49)42-32(24-8-6-22(2)7-9-24)30(47)21-26-11-10-25(20-28(26)39)23(3)31(38(50)46-16-14-45(4)15-17-46)41-35(48)27-12-13-40-37-34(27)51-18-19-52-37/h10-13,20,22-24,31-32H,5-9,14-19,21H2,1-4H3,(H,41,48)(H,42,49)/t22?,23-,24?,31+,32-/m0/s1. The van der Waals surface area contributed by atoms with E-state index in [2.05, 4.69) is 37.8 Å². The summed E-state index contributed by atoms with van der Waals surface area (Å²) < 4.78 is 32.0. The van der Waals surface area contributed by atoms with E-state index in [0.717, 1.165) is 25.7 Å². The highest BCUT2D eigenvalue weighted by molar-refractivity contribution is 6.00. The van der Waals surface area contributed by atoms with Gasteiger partial charge in [-0.3, -0.25) is 19.2 Å². The first kappa shape index (κ1) is 37.8. The lowest BCUT2D eigenvalue weighted by atomic mass is 9.77. The molecule has 0 spiro atoms. The van der Waals surface area contributed by atoms with Gasteiger partial charge in [0, 0.05) is 44.7 Å². The van der Waals surface area contributed by atoms with Gasteiger partial charge in [-0.05, 0) is 66.6 Å². The summed E-state index contributed by atoms with van der Waals surface area (Å²) in [7, 11) is 1.98. The second-order valence-electron chi connectivity index (χ2n) is 14.4. The summed E-state index contributed by atoms with van der Waals surface area (Å²) in [5.74, 6) is -2.15. The third kappa shape index (κ3) is 8.66. The molecule has 2 aliphatic heterocycles. The molecule has 3 amide bonds. The topological polar surface area (TPSA) is 169 Å². The van der Waals surface area contributed by atoms with Crippen LogP contribution in [0.1, 0.15) is 90.0 Å². The van der Waals surface area contributed by atoms with Gasteiger partial charge in [0.25, 0.3) is 17.7 Å². The Bertz CT molecular complexity index is 1800. The summed E-state index contributed by atoms with van der Waals surface area (Å²) in [6, 6.07) is 4.16. The van der Waals surface area contributed by atoms with Crippen LogP contribution in [0.5, 0.6) is 11.6 Å². The van der Waals surface area contributed by atoms with Crippen LogP contribution in [0.2, 0.25) is 0 Å². The molecule has 284 valence electrons. The Morgan fingerprint density at radius 1 is 0.962 bits per heavy atom. The maximum Gasteiger partial charge on any atom is 0.276 e. The predicted octanol–water partition coefficient (Wildman–Crippen LogP) is 3.35. The van der Waals surface area contributed by atoms with E-state index >= 15 is 4.39 Å². The van der Waals surface area contributed by atoms with Crippen molar-refractivity contribution in [1.29, 1.82) is 0 Å². The summed E-state index contributed by atoms with van der Waals surface area (Å²) in [5.41, 5.74) is 1.25. The largest absolute Gasteiger partial charge is 0.484 e. The molecule has 3 aliphatic rings. The van der Waals surface area contributed by atoms with Crippen molar-refractivity contribution in [3.05, 3.63) is 64.4 Å². The van der Waals surface area contributed by atoms with Crippen molar-refractivity contribution >= 4 is 23.5 Å². The number of fused-ring (bicyclic) bond motifs is 1. The summed E-state index contributed by atoms with van der Waals surface area (Å²) in [4.78, 5) is 63.0. The smallest absolute Gasteiger partial charge is 0.276 e. The Labute approximate surface area is 308 Å². The van der Waals surface area contributed by atoms with E-state index in [1.165, 1.54) is 18.3 Å². The molecule has 6 rings (SSSR count). The van der Waals surface area contributed by atoms with Crippen LogP contribution < -0.4 is 20.1 Å². The maximum atomic E-state index is 16.0. The Kier molecular flexibility index (Phi) is 12.0. The number of nitrogens with one attached hydrogen (secondary N) is 2. The minimum atomic E-state index is -1.04. The summed E-state index contributed by atoms with van der Waals surface area (Å²) in [5, 5.41) is 13.3. The average Bonchev–Trinajstić information content (AvgIpc) is 3.66. The number of ether oxygens (including phenoxy) is 2. The molecule has 2 fully saturated rings. The molecule has 1 aromatic carbocycles. The molecule has 2 N–H and O–H groups in total. The van der Waals surface area contributed by atoms with Gasteiger partial charge >= 0.3 is 0 Å². The molecule has 53 heavy (non-hydrogen) atoms. The van der Waals surface area contributed by atoms with Crippen molar-refractivity contribution in [2.75, 3.05) is 46.4 Å². The number of amides is 3. The molecule has 1 aliphatic carbocycles.